The van der Waals surface area contributed by atoms with Crippen LogP contribution in [0.5, 0.6) is 0 Å². The van der Waals surface area contributed by atoms with Gasteiger partial charge >= 0.3 is 0 Å². The molecule has 1 amide bonds. The lowest BCUT2D eigenvalue weighted by Crippen LogP contribution is -2.47. The second-order valence-corrected chi connectivity index (χ2v) is 5.86. The maximum atomic E-state index is 12.3. The maximum Gasteiger partial charge on any atom is 0.251 e. The standard InChI is InChI=1S/C14H26N2O2/c1-11(2)15-9-12-5-3-7-16(10-12)14(17)13-6-4-8-18-13/h11-13,15H,3-10H2,1-2H3. The van der Waals surface area contributed by atoms with Crippen molar-refractivity contribution in [3.05, 3.63) is 0 Å². The minimum absolute atomic E-state index is 0.151. The number of rotatable bonds is 4. The van der Waals surface area contributed by atoms with E-state index in [1.54, 1.807) is 0 Å². The molecule has 2 fully saturated rings. The van der Waals surface area contributed by atoms with E-state index in [0.717, 1.165) is 45.5 Å². The van der Waals surface area contributed by atoms with Gasteiger partial charge in [0.1, 0.15) is 6.10 Å². The minimum atomic E-state index is -0.151. The highest BCUT2D eigenvalue weighted by atomic mass is 16.5. The predicted octanol–water partition coefficient (Wildman–Crippen LogP) is 1.40. The molecule has 0 aromatic rings. The molecule has 0 saturated carbocycles. The zero-order valence-electron chi connectivity index (χ0n) is 11.7. The van der Waals surface area contributed by atoms with E-state index in [2.05, 4.69) is 19.2 Å². The van der Waals surface area contributed by atoms with Crippen molar-refractivity contribution in [2.75, 3.05) is 26.2 Å². The lowest BCUT2D eigenvalue weighted by atomic mass is 9.97. The second-order valence-electron chi connectivity index (χ2n) is 5.86. The highest BCUT2D eigenvalue weighted by Gasteiger charge is 2.31. The van der Waals surface area contributed by atoms with Crippen LogP contribution in [0.4, 0.5) is 0 Å². The number of amides is 1. The summed E-state index contributed by atoms with van der Waals surface area (Å²) in [6.07, 6.45) is 4.15. The van der Waals surface area contributed by atoms with E-state index in [0.29, 0.717) is 12.0 Å². The summed E-state index contributed by atoms with van der Waals surface area (Å²) in [7, 11) is 0. The third-order valence-corrected chi connectivity index (χ3v) is 3.85. The van der Waals surface area contributed by atoms with Crippen molar-refractivity contribution in [3.8, 4) is 0 Å². The zero-order chi connectivity index (χ0) is 13.0. The molecular formula is C14H26N2O2. The summed E-state index contributed by atoms with van der Waals surface area (Å²) in [6.45, 7) is 7.92. The Hall–Kier alpha value is -0.610. The minimum Gasteiger partial charge on any atom is -0.368 e. The number of nitrogens with zero attached hydrogens (tertiary/aromatic N) is 1. The summed E-state index contributed by atoms with van der Waals surface area (Å²) in [5.41, 5.74) is 0. The summed E-state index contributed by atoms with van der Waals surface area (Å²) in [6, 6.07) is 0.522. The van der Waals surface area contributed by atoms with Gasteiger partial charge in [-0.3, -0.25) is 4.79 Å². The molecule has 2 aliphatic rings. The molecule has 0 bridgehead atoms. The fourth-order valence-electron chi connectivity index (χ4n) is 2.81. The van der Waals surface area contributed by atoms with E-state index in [4.69, 9.17) is 4.74 Å². The van der Waals surface area contributed by atoms with Gasteiger partial charge in [0.05, 0.1) is 0 Å². The first kappa shape index (κ1) is 13.8. The van der Waals surface area contributed by atoms with Gasteiger partial charge in [0.15, 0.2) is 0 Å². The molecule has 0 aliphatic carbocycles. The Kier molecular flexibility index (Phi) is 5.01. The molecule has 2 unspecified atom stereocenters. The van der Waals surface area contributed by atoms with Crippen molar-refractivity contribution in [1.82, 2.24) is 10.2 Å². The van der Waals surface area contributed by atoms with E-state index < -0.39 is 0 Å². The fraction of sp³-hybridized carbons (Fsp3) is 0.929. The molecule has 18 heavy (non-hydrogen) atoms. The monoisotopic (exact) mass is 254 g/mol. The van der Waals surface area contributed by atoms with Gasteiger partial charge < -0.3 is 15.0 Å². The van der Waals surface area contributed by atoms with Crippen LogP contribution >= 0.6 is 0 Å². The summed E-state index contributed by atoms with van der Waals surface area (Å²) >= 11 is 0. The molecule has 4 nitrogen and oxygen atoms in total. The Bertz CT molecular complexity index is 275. The van der Waals surface area contributed by atoms with Gasteiger partial charge in [0.25, 0.3) is 5.91 Å². The molecule has 2 heterocycles. The summed E-state index contributed by atoms with van der Waals surface area (Å²) in [5.74, 6) is 0.827. The predicted molar refractivity (Wildman–Crippen MR) is 71.4 cm³/mol. The fourth-order valence-corrected chi connectivity index (χ4v) is 2.81. The molecular weight excluding hydrogens is 228 g/mol. The van der Waals surface area contributed by atoms with Crippen LogP contribution < -0.4 is 5.32 Å². The Morgan fingerprint density at radius 1 is 1.39 bits per heavy atom. The van der Waals surface area contributed by atoms with Gasteiger partial charge in [0.2, 0.25) is 0 Å². The highest BCUT2D eigenvalue weighted by molar-refractivity contribution is 5.81. The number of hydrogen-bond donors (Lipinski definition) is 1. The first-order chi connectivity index (χ1) is 8.66. The van der Waals surface area contributed by atoms with E-state index in [-0.39, 0.29) is 12.0 Å². The second kappa shape index (κ2) is 6.53. The normalized spacial score (nSPS) is 28.9. The van der Waals surface area contributed by atoms with Crippen LogP contribution in [0.25, 0.3) is 0 Å². The highest BCUT2D eigenvalue weighted by Crippen LogP contribution is 2.20. The van der Waals surface area contributed by atoms with Gasteiger partial charge in [-0.15, -0.1) is 0 Å². The number of piperidine rings is 1. The van der Waals surface area contributed by atoms with E-state index >= 15 is 0 Å². The van der Waals surface area contributed by atoms with Crippen LogP contribution in [0.15, 0.2) is 0 Å². The molecule has 104 valence electrons. The van der Waals surface area contributed by atoms with Gasteiger partial charge in [-0.2, -0.15) is 0 Å². The lowest BCUT2D eigenvalue weighted by molar-refractivity contribution is -0.142. The third kappa shape index (κ3) is 3.69. The molecule has 0 spiro atoms. The van der Waals surface area contributed by atoms with E-state index in [9.17, 15) is 4.79 Å². The quantitative estimate of drug-likeness (QED) is 0.824. The van der Waals surface area contributed by atoms with Crippen molar-refractivity contribution in [1.29, 1.82) is 0 Å². The molecule has 1 N–H and O–H groups in total. The van der Waals surface area contributed by atoms with Gasteiger partial charge in [-0.25, -0.2) is 0 Å². The molecule has 2 aliphatic heterocycles. The smallest absolute Gasteiger partial charge is 0.251 e. The number of ether oxygens (including phenoxy) is 1. The van der Waals surface area contributed by atoms with Gasteiger partial charge in [0, 0.05) is 25.7 Å². The average molecular weight is 254 g/mol. The van der Waals surface area contributed by atoms with Gasteiger partial charge in [-0.1, -0.05) is 13.8 Å². The largest absolute Gasteiger partial charge is 0.368 e. The SMILES string of the molecule is CC(C)NCC1CCCN(C(=O)C2CCCO2)C1. The van der Waals surface area contributed by atoms with Crippen LogP contribution in [-0.2, 0) is 9.53 Å². The Labute approximate surface area is 110 Å². The van der Waals surface area contributed by atoms with Gasteiger partial charge in [-0.05, 0) is 38.1 Å². The summed E-state index contributed by atoms with van der Waals surface area (Å²) in [4.78, 5) is 14.3. The first-order valence-electron chi connectivity index (χ1n) is 7.30. The number of hydrogen-bond acceptors (Lipinski definition) is 3. The Balaban J connectivity index is 1.80. The molecule has 4 heteroatoms. The molecule has 2 rings (SSSR count). The maximum absolute atomic E-state index is 12.3. The van der Waals surface area contributed by atoms with Crippen LogP contribution in [0.2, 0.25) is 0 Å². The van der Waals surface area contributed by atoms with Crippen LogP contribution in [0.3, 0.4) is 0 Å². The topological polar surface area (TPSA) is 41.6 Å². The summed E-state index contributed by atoms with van der Waals surface area (Å²) in [5, 5.41) is 3.47. The van der Waals surface area contributed by atoms with E-state index in [1.165, 1.54) is 6.42 Å². The number of likely N-dealkylation sites (tertiary alicyclic amines) is 1. The van der Waals surface area contributed by atoms with Crippen LogP contribution in [0, 0.1) is 5.92 Å². The van der Waals surface area contributed by atoms with E-state index in [1.807, 2.05) is 4.90 Å². The van der Waals surface area contributed by atoms with Crippen molar-refractivity contribution in [3.63, 3.8) is 0 Å². The van der Waals surface area contributed by atoms with Crippen molar-refractivity contribution in [2.24, 2.45) is 5.92 Å². The van der Waals surface area contributed by atoms with Crippen molar-refractivity contribution >= 4 is 5.91 Å². The van der Waals surface area contributed by atoms with Crippen LogP contribution in [-0.4, -0.2) is 49.2 Å². The lowest BCUT2D eigenvalue weighted by Gasteiger charge is -2.34. The molecule has 0 aromatic heterocycles. The molecule has 2 saturated heterocycles. The van der Waals surface area contributed by atoms with Crippen molar-refractivity contribution in [2.45, 2.75) is 51.7 Å². The third-order valence-electron chi connectivity index (χ3n) is 3.85. The Morgan fingerprint density at radius 2 is 2.22 bits per heavy atom. The molecule has 0 radical (unpaired) electrons. The number of carbonyl (C=O) groups is 1. The van der Waals surface area contributed by atoms with Crippen LogP contribution in [0.1, 0.15) is 39.5 Å². The Morgan fingerprint density at radius 3 is 2.89 bits per heavy atom. The van der Waals surface area contributed by atoms with Crippen molar-refractivity contribution < 1.29 is 9.53 Å². The average Bonchev–Trinajstić information content (AvgIpc) is 2.89. The number of carbonyl (C=O) groups excluding carboxylic acids is 1. The molecule has 0 aromatic carbocycles. The summed E-state index contributed by atoms with van der Waals surface area (Å²) < 4.78 is 5.49. The first-order valence-corrected chi connectivity index (χ1v) is 7.30. The molecule has 2 atom stereocenters. The zero-order valence-corrected chi connectivity index (χ0v) is 11.7. The number of nitrogens with one attached hydrogen (secondary N) is 1.